The third-order valence-electron chi connectivity index (χ3n) is 10.3. The zero-order valence-corrected chi connectivity index (χ0v) is 31.5. The first-order chi connectivity index (χ1) is 26.0. The quantitative estimate of drug-likeness (QED) is 0.115. The number of hydrogen-bond donors (Lipinski definition) is 2. The molecule has 0 fully saturated rings. The van der Waals surface area contributed by atoms with Crippen molar-refractivity contribution in [1.29, 1.82) is 0 Å². The minimum absolute atomic E-state index is 0.229. The van der Waals surface area contributed by atoms with Gasteiger partial charge in [-0.2, -0.15) is 0 Å². The summed E-state index contributed by atoms with van der Waals surface area (Å²) in [5.74, 6) is 2.06. The fraction of sp³-hybridized carbons (Fsp3) is 0.191. The van der Waals surface area contributed by atoms with E-state index in [2.05, 4.69) is 140 Å². The molecule has 7 aromatic rings. The van der Waals surface area contributed by atoms with Crippen LogP contribution >= 0.6 is 23.5 Å². The molecular weight excluding hydrogens is 693 g/mol. The molecule has 0 aromatic heterocycles. The maximum Gasteiger partial charge on any atom is 0.120 e. The predicted molar refractivity (Wildman–Crippen MR) is 221 cm³/mol. The van der Waals surface area contributed by atoms with Gasteiger partial charge in [-0.3, -0.25) is 0 Å². The summed E-state index contributed by atoms with van der Waals surface area (Å²) in [6.07, 6.45) is 1.66. The summed E-state index contributed by atoms with van der Waals surface area (Å²) in [6, 6.07) is 51.9. The monoisotopic (exact) mass is 734 g/mol. The van der Waals surface area contributed by atoms with Crippen LogP contribution in [0.3, 0.4) is 0 Å². The number of hydrogen-bond acceptors (Lipinski definition) is 6. The Balaban J connectivity index is 1.12. The fourth-order valence-corrected chi connectivity index (χ4v) is 8.75. The van der Waals surface area contributed by atoms with Crippen LogP contribution in [0, 0.1) is 0 Å². The molecule has 266 valence electrons. The van der Waals surface area contributed by atoms with E-state index in [1.165, 1.54) is 38.3 Å². The highest BCUT2D eigenvalue weighted by Crippen LogP contribution is 2.56. The van der Waals surface area contributed by atoms with Crippen molar-refractivity contribution in [1.82, 2.24) is 0 Å². The molecular formula is C47H42O4S2. The number of benzene rings is 7. The van der Waals surface area contributed by atoms with Gasteiger partial charge in [0, 0.05) is 15.5 Å². The lowest BCUT2D eigenvalue weighted by molar-refractivity contribution is 0.104. The fourth-order valence-electron chi connectivity index (χ4n) is 7.53. The third-order valence-corrected chi connectivity index (χ3v) is 12.2. The first kappa shape index (κ1) is 35.3. The smallest absolute Gasteiger partial charge is 0.120 e. The van der Waals surface area contributed by atoms with Crippen LogP contribution in [0.25, 0.3) is 32.7 Å². The Morgan fingerprint density at radius 3 is 1.55 bits per heavy atom. The van der Waals surface area contributed by atoms with Crippen molar-refractivity contribution in [3.8, 4) is 22.6 Å². The van der Waals surface area contributed by atoms with E-state index in [1.54, 1.807) is 23.5 Å². The van der Waals surface area contributed by atoms with Crippen molar-refractivity contribution < 1.29 is 19.7 Å². The van der Waals surface area contributed by atoms with Gasteiger partial charge in [-0.25, -0.2) is 0 Å². The van der Waals surface area contributed by atoms with Crippen LogP contribution in [0.15, 0.2) is 155 Å². The Kier molecular flexibility index (Phi) is 10.2. The summed E-state index contributed by atoms with van der Waals surface area (Å²) < 4.78 is 12.0. The van der Waals surface area contributed by atoms with Crippen molar-refractivity contribution in [3.05, 3.63) is 168 Å². The molecule has 0 heterocycles. The Bertz CT molecular complexity index is 2340. The Hall–Kier alpha value is -4.72. The van der Waals surface area contributed by atoms with Gasteiger partial charge < -0.3 is 19.7 Å². The lowest BCUT2D eigenvalue weighted by atomic mass is 9.67. The number of thioether (sulfide) groups is 2. The molecule has 1 aliphatic rings. The maximum atomic E-state index is 10.7. The molecule has 0 aliphatic heterocycles. The molecule has 0 saturated heterocycles. The minimum Gasteiger partial charge on any atom is -0.491 e. The van der Waals surface area contributed by atoms with E-state index in [-0.39, 0.29) is 13.2 Å². The molecule has 1 aliphatic carbocycles. The molecule has 4 nitrogen and oxygen atoms in total. The summed E-state index contributed by atoms with van der Waals surface area (Å²) in [5.41, 5.74) is 6.88. The summed E-state index contributed by atoms with van der Waals surface area (Å²) in [7, 11) is 0. The summed E-state index contributed by atoms with van der Waals surface area (Å²) >= 11 is 3.36. The number of fused-ring (bicyclic) bond motifs is 5. The molecule has 0 radical (unpaired) electrons. The average molecular weight is 735 g/mol. The van der Waals surface area contributed by atoms with Gasteiger partial charge in [0.25, 0.3) is 0 Å². The SMILES string of the molecule is CCC(O)COc1ccc2cc(C3(c4ccc5cc(OCC(O)CSc6ccc(SC)cc6)ccc5c4)c4ccccc4-c4ccccc43)ccc2c1. The number of ether oxygens (including phenoxy) is 2. The molecule has 6 heteroatoms. The molecule has 7 aromatic carbocycles. The van der Waals surface area contributed by atoms with Crippen LogP contribution in [-0.2, 0) is 5.41 Å². The van der Waals surface area contributed by atoms with Crippen molar-refractivity contribution in [2.45, 2.75) is 40.8 Å². The maximum absolute atomic E-state index is 10.7. The number of aliphatic hydroxyl groups excluding tert-OH is 2. The van der Waals surface area contributed by atoms with Gasteiger partial charge in [0.15, 0.2) is 0 Å². The van der Waals surface area contributed by atoms with E-state index in [1.807, 2.05) is 19.1 Å². The Morgan fingerprint density at radius 1 is 0.547 bits per heavy atom. The van der Waals surface area contributed by atoms with Gasteiger partial charge in [-0.1, -0.05) is 91.9 Å². The topological polar surface area (TPSA) is 58.9 Å². The first-order valence-corrected chi connectivity index (χ1v) is 20.3. The molecule has 0 amide bonds. The highest BCUT2D eigenvalue weighted by atomic mass is 32.2. The molecule has 8 rings (SSSR count). The van der Waals surface area contributed by atoms with E-state index in [4.69, 9.17) is 9.47 Å². The van der Waals surface area contributed by atoms with E-state index in [9.17, 15) is 10.2 Å². The van der Waals surface area contributed by atoms with Crippen LogP contribution in [0.1, 0.15) is 35.6 Å². The van der Waals surface area contributed by atoms with Crippen LogP contribution < -0.4 is 9.47 Å². The highest BCUT2D eigenvalue weighted by molar-refractivity contribution is 7.99. The molecule has 0 spiro atoms. The third kappa shape index (κ3) is 6.93. The lowest BCUT2D eigenvalue weighted by Gasteiger charge is -2.34. The van der Waals surface area contributed by atoms with Crippen LogP contribution in [0.4, 0.5) is 0 Å². The molecule has 2 N–H and O–H groups in total. The zero-order valence-electron chi connectivity index (χ0n) is 29.9. The highest BCUT2D eigenvalue weighted by Gasteiger charge is 2.46. The summed E-state index contributed by atoms with van der Waals surface area (Å²) in [5, 5.41) is 25.2. The van der Waals surface area contributed by atoms with Crippen molar-refractivity contribution in [3.63, 3.8) is 0 Å². The molecule has 0 bridgehead atoms. The molecule has 53 heavy (non-hydrogen) atoms. The van der Waals surface area contributed by atoms with Gasteiger partial charge in [0.05, 0.1) is 17.6 Å². The zero-order chi connectivity index (χ0) is 36.4. The van der Waals surface area contributed by atoms with Crippen LogP contribution in [-0.4, -0.2) is 47.6 Å². The standard InChI is InChI=1S/C47H42O4S2/c1-3-37(48)28-50-39-18-14-31-24-35(16-12-33(31)26-39)47(45-10-6-4-8-43(45)44-9-5-7-11-46(44)47)36-17-13-34-27-40(19-15-32(34)25-36)51-29-38(49)30-53-42-22-20-41(52-2)21-23-42/h4-27,37-38,48-49H,3,28-30H2,1-2H3. The van der Waals surface area contributed by atoms with Crippen molar-refractivity contribution >= 4 is 45.1 Å². The average Bonchev–Trinajstić information content (AvgIpc) is 3.52. The van der Waals surface area contributed by atoms with Gasteiger partial charge >= 0.3 is 0 Å². The second-order valence-electron chi connectivity index (χ2n) is 13.6. The summed E-state index contributed by atoms with van der Waals surface area (Å²) in [6.45, 7) is 2.46. The summed E-state index contributed by atoms with van der Waals surface area (Å²) in [4.78, 5) is 2.37. The van der Waals surface area contributed by atoms with Crippen molar-refractivity contribution in [2.75, 3.05) is 25.2 Å². The van der Waals surface area contributed by atoms with Gasteiger partial charge in [-0.05, 0) is 128 Å². The lowest BCUT2D eigenvalue weighted by Crippen LogP contribution is -2.28. The first-order valence-electron chi connectivity index (χ1n) is 18.1. The molecule has 0 saturated carbocycles. The molecule has 2 atom stereocenters. The predicted octanol–water partition coefficient (Wildman–Crippen LogP) is 10.8. The van der Waals surface area contributed by atoms with Gasteiger partial charge in [0.1, 0.15) is 24.7 Å². The van der Waals surface area contributed by atoms with E-state index >= 15 is 0 Å². The van der Waals surface area contributed by atoms with Crippen LogP contribution in [0.2, 0.25) is 0 Å². The Labute approximate surface area is 319 Å². The van der Waals surface area contributed by atoms with Gasteiger partial charge in [0.2, 0.25) is 0 Å². The second kappa shape index (κ2) is 15.3. The molecule has 2 unspecified atom stereocenters. The Morgan fingerprint density at radius 2 is 1.02 bits per heavy atom. The van der Waals surface area contributed by atoms with E-state index in [0.29, 0.717) is 12.2 Å². The van der Waals surface area contributed by atoms with Crippen LogP contribution in [0.5, 0.6) is 11.5 Å². The van der Waals surface area contributed by atoms with E-state index in [0.717, 1.165) is 37.9 Å². The second-order valence-corrected chi connectivity index (χ2v) is 15.6. The van der Waals surface area contributed by atoms with E-state index < -0.39 is 17.6 Å². The van der Waals surface area contributed by atoms with Crippen molar-refractivity contribution in [2.24, 2.45) is 0 Å². The van der Waals surface area contributed by atoms with Gasteiger partial charge in [-0.15, -0.1) is 23.5 Å². The number of aliphatic hydroxyl groups is 2. The normalized spacial score (nSPS) is 14.1. The number of rotatable bonds is 13. The minimum atomic E-state index is -0.587. The largest absolute Gasteiger partial charge is 0.491 e.